The number of hydrogen-bond donors (Lipinski definition) is 1. The van der Waals surface area contributed by atoms with E-state index in [9.17, 15) is 0 Å². The van der Waals surface area contributed by atoms with Crippen molar-refractivity contribution in [1.29, 1.82) is 0 Å². The molecule has 3 heteroatoms. The predicted molar refractivity (Wildman–Crippen MR) is 49.0 cm³/mol. The first-order valence-corrected chi connectivity index (χ1v) is 4.21. The zero-order chi connectivity index (χ0) is 9.35. The van der Waals surface area contributed by atoms with Crippen molar-refractivity contribution in [3.8, 4) is 0 Å². The molecule has 0 spiro atoms. The standard InChI is InChI=1S/C9H16N2O/c1-5-9(3,4)7-6(2)8(10)11-12-7/h5H2,1-4H3,(H2,10,11). The van der Waals surface area contributed by atoms with Crippen molar-refractivity contribution in [2.75, 3.05) is 5.73 Å². The van der Waals surface area contributed by atoms with Gasteiger partial charge in [0.05, 0.1) is 0 Å². The van der Waals surface area contributed by atoms with E-state index in [0.29, 0.717) is 5.82 Å². The lowest BCUT2D eigenvalue weighted by atomic mass is 9.85. The van der Waals surface area contributed by atoms with E-state index >= 15 is 0 Å². The highest BCUT2D eigenvalue weighted by atomic mass is 16.5. The highest BCUT2D eigenvalue weighted by Gasteiger charge is 2.26. The second kappa shape index (κ2) is 2.81. The van der Waals surface area contributed by atoms with E-state index in [4.69, 9.17) is 10.3 Å². The minimum absolute atomic E-state index is 0.0364. The normalized spacial score (nSPS) is 12.0. The fraction of sp³-hybridized carbons (Fsp3) is 0.667. The molecule has 0 amide bonds. The molecule has 0 radical (unpaired) electrons. The van der Waals surface area contributed by atoms with E-state index in [-0.39, 0.29) is 5.41 Å². The highest BCUT2D eigenvalue weighted by Crippen LogP contribution is 2.31. The van der Waals surface area contributed by atoms with Crippen LogP contribution in [0.15, 0.2) is 4.52 Å². The fourth-order valence-corrected chi connectivity index (χ4v) is 1.14. The summed E-state index contributed by atoms with van der Waals surface area (Å²) in [6.45, 7) is 8.32. The minimum Gasteiger partial charge on any atom is -0.381 e. The van der Waals surface area contributed by atoms with Crippen molar-refractivity contribution >= 4 is 5.82 Å². The first-order chi connectivity index (χ1) is 5.49. The Labute approximate surface area is 72.9 Å². The molecule has 2 N–H and O–H groups in total. The number of nitrogens with two attached hydrogens (primary N) is 1. The molecule has 12 heavy (non-hydrogen) atoms. The Morgan fingerprint density at radius 2 is 2.08 bits per heavy atom. The van der Waals surface area contributed by atoms with Crippen molar-refractivity contribution in [3.05, 3.63) is 11.3 Å². The van der Waals surface area contributed by atoms with Gasteiger partial charge >= 0.3 is 0 Å². The third-order valence-electron chi connectivity index (χ3n) is 2.46. The first kappa shape index (κ1) is 9.10. The van der Waals surface area contributed by atoms with Crippen molar-refractivity contribution in [3.63, 3.8) is 0 Å². The molecule has 1 aromatic heterocycles. The zero-order valence-corrected chi connectivity index (χ0v) is 8.14. The minimum atomic E-state index is 0.0364. The Balaban J connectivity index is 3.11. The average Bonchev–Trinajstić information content (AvgIpc) is 2.33. The molecular weight excluding hydrogens is 152 g/mol. The van der Waals surface area contributed by atoms with Crippen LogP contribution in [0.5, 0.6) is 0 Å². The molecule has 0 aliphatic carbocycles. The molecule has 0 aromatic carbocycles. The maximum absolute atomic E-state index is 5.59. The van der Waals surface area contributed by atoms with Gasteiger partial charge in [-0.15, -0.1) is 0 Å². The maximum Gasteiger partial charge on any atom is 0.170 e. The number of aromatic nitrogens is 1. The van der Waals surface area contributed by atoms with Crippen molar-refractivity contribution in [2.24, 2.45) is 0 Å². The van der Waals surface area contributed by atoms with Crippen LogP contribution in [0.1, 0.15) is 38.5 Å². The molecule has 0 aliphatic rings. The van der Waals surface area contributed by atoms with Gasteiger partial charge < -0.3 is 10.3 Å². The second-order valence-electron chi connectivity index (χ2n) is 3.76. The molecule has 68 valence electrons. The summed E-state index contributed by atoms with van der Waals surface area (Å²) in [7, 11) is 0. The molecule has 1 heterocycles. The van der Waals surface area contributed by atoms with Crippen molar-refractivity contribution < 1.29 is 4.52 Å². The number of anilines is 1. The Hall–Kier alpha value is -0.990. The molecule has 0 atom stereocenters. The summed E-state index contributed by atoms with van der Waals surface area (Å²) < 4.78 is 5.18. The molecule has 0 bridgehead atoms. The molecule has 0 saturated heterocycles. The summed E-state index contributed by atoms with van der Waals surface area (Å²) in [6, 6.07) is 0. The number of hydrogen-bond acceptors (Lipinski definition) is 3. The molecular formula is C9H16N2O. The van der Waals surface area contributed by atoms with Gasteiger partial charge in [-0.1, -0.05) is 25.9 Å². The molecule has 0 saturated carbocycles. The summed E-state index contributed by atoms with van der Waals surface area (Å²) in [6.07, 6.45) is 1.02. The van der Waals surface area contributed by atoms with Crippen LogP contribution in [-0.4, -0.2) is 5.16 Å². The molecule has 0 aliphatic heterocycles. The smallest absolute Gasteiger partial charge is 0.170 e. The average molecular weight is 168 g/mol. The van der Waals surface area contributed by atoms with Gasteiger partial charge in [0.25, 0.3) is 0 Å². The van der Waals surface area contributed by atoms with Crippen molar-refractivity contribution in [2.45, 2.75) is 39.5 Å². The lowest BCUT2D eigenvalue weighted by Crippen LogP contribution is -2.15. The third kappa shape index (κ3) is 1.31. The summed E-state index contributed by atoms with van der Waals surface area (Å²) in [5.41, 5.74) is 6.60. The summed E-state index contributed by atoms with van der Waals surface area (Å²) in [4.78, 5) is 0. The topological polar surface area (TPSA) is 52.0 Å². The summed E-state index contributed by atoms with van der Waals surface area (Å²) in [5.74, 6) is 1.41. The Morgan fingerprint density at radius 3 is 2.42 bits per heavy atom. The maximum atomic E-state index is 5.59. The molecule has 0 unspecified atom stereocenters. The molecule has 1 aromatic rings. The molecule has 1 rings (SSSR count). The van der Waals surface area contributed by atoms with E-state index in [1.807, 2.05) is 6.92 Å². The Bertz CT molecular complexity index is 276. The van der Waals surface area contributed by atoms with Crippen LogP contribution in [0.4, 0.5) is 5.82 Å². The largest absolute Gasteiger partial charge is 0.381 e. The van der Waals surface area contributed by atoms with Gasteiger partial charge in [0.2, 0.25) is 0 Å². The van der Waals surface area contributed by atoms with Crippen molar-refractivity contribution in [1.82, 2.24) is 5.16 Å². The quantitative estimate of drug-likeness (QED) is 0.736. The third-order valence-corrected chi connectivity index (χ3v) is 2.46. The first-order valence-electron chi connectivity index (χ1n) is 4.21. The number of rotatable bonds is 2. The SMILES string of the molecule is CCC(C)(C)c1onc(N)c1C. The van der Waals surface area contributed by atoms with E-state index in [1.54, 1.807) is 0 Å². The van der Waals surface area contributed by atoms with Gasteiger partial charge in [-0.2, -0.15) is 0 Å². The van der Waals surface area contributed by atoms with Gasteiger partial charge in [0.15, 0.2) is 5.82 Å². The molecule has 0 fully saturated rings. The second-order valence-corrected chi connectivity index (χ2v) is 3.76. The van der Waals surface area contributed by atoms with Crippen LogP contribution >= 0.6 is 0 Å². The fourth-order valence-electron chi connectivity index (χ4n) is 1.14. The van der Waals surface area contributed by atoms with E-state index < -0.39 is 0 Å². The molecule has 3 nitrogen and oxygen atoms in total. The highest BCUT2D eigenvalue weighted by molar-refractivity contribution is 5.41. The monoisotopic (exact) mass is 168 g/mol. The van der Waals surface area contributed by atoms with Crippen LogP contribution in [0.2, 0.25) is 0 Å². The van der Waals surface area contributed by atoms with E-state index in [1.165, 1.54) is 0 Å². The van der Waals surface area contributed by atoms with Crippen LogP contribution < -0.4 is 5.73 Å². The van der Waals surface area contributed by atoms with Gasteiger partial charge in [0, 0.05) is 11.0 Å². The predicted octanol–water partition coefficient (Wildman–Crippen LogP) is 2.25. The van der Waals surface area contributed by atoms with Gasteiger partial charge in [-0.3, -0.25) is 0 Å². The number of nitrogen functional groups attached to an aromatic ring is 1. The number of nitrogens with zero attached hydrogens (tertiary/aromatic N) is 1. The Kier molecular flexibility index (Phi) is 2.13. The van der Waals surface area contributed by atoms with Gasteiger partial charge in [-0.05, 0) is 13.3 Å². The van der Waals surface area contributed by atoms with Crippen LogP contribution in [0, 0.1) is 6.92 Å². The zero-order valence-electron chi connectivity index (χ0n) is 8.14. The summed E-state index contributed by atoms with van der Waals surface area (Å²) in [5, 5.41) is 3.73. The van der Waals surface area contributed by atoms with Gasteiger partial charge in [0.1, 0.15) is 5.76 Å². The van der Waals surface area contributed by atoms with Crippen LogP contribution in [0.3, 0.4) is 0 Å². The summed E-state index contributed by atoms with van der Waals surface area (Å²) >= 11 is 0. The lowest BCUT2D eigenvalue weighted by molar-refractivity contribution is 0.310. The van der Waals surface area contributed by atoms with Crippen LogP contribution in [-0.2, 0) is 5.41 Å². The van der Waals surface area contributed by atoms with Gasteiger partial charge in [-0.25, -0.2) is 0 Å². The van der Waals surface area contributed by atoms with Crippen LogP contribution in [0.25, 0.3) is 0 Å². The Morgan fingerprint density at radius 1 is 1.50 bits per heavy atom. The van der Waals surface area contributed by atoms with E-state index in [2.05, 4.69) is 25.9 Å². The van der Waals surface area contributed by atoms with E-state index in [0.717, 1.165) is 17.7 Å². The lowest BCUT2D eigenvalue weighted by Gasteiger charge is -2.19.